The highest BCUT2D eigenvalue weighted by molar-refractivity contribution is 5.63. The van der Waals surface area contributed by atoms with Crippen LogP contribution in [0.5, 0.6) is 0 Å². The summed E-state index contributed by atoms with van der Waals surface area (Å²) in [6, 6.07) is 7.79. The monoisotopic (exact) mass is 292 g/mol. The van der Waals surface area contributed by atoms with Crippen LogP contribution in [0.15, 0.2) is 36.4 Å². The summed E-state index contributed by atoms with van der Waals surface area (Å²) in [5.41, 5.74) is 0.531. The summed E-state index contributed by atoms with van der Waals surface area (Å²) in [5.74, 6) is -1.09. The van der Waals surface area contributed by atoms with E-state index < -0.39 is 16.8 Å². The van der Waals surface area contributed by atoms with Crippen molar-refractivity contribution in [3.05, 3.63) is 69.3 Å². The molecule has 6 heteroatoms. The fraction of sp³-hybridized carbons (Fsp3) is 0.200. The van der Waals surface area contributed by atoms with Crippen LogP contribution in [0.1, 0.15) is 24.1 Å². The smallest absolute Gasteiger partial charge is 0.295 e. The van der Waals surface area contributed by atoms with Gasteiger partial charge < -0.3 is 5.32 Å². The molecule has 2 aromatic rings. The van der Waals surface area contributed by atoms with Gasteiger partial charge in [0.25, 0.3) is 5.69 Å². The molecule has 1 unspecified atom stereocenters. The molecule has 0 fully saturated rings. The van der Waals surface area contributed by atoms with Gasteiger partial charge >= 0.3 is 0 Å². The molecule has 0 saturated heterocycles. The van der Waals surface area contributed by atoms with Crippen LogP contribution in [0.3, 0.4) is 0 Å². The molecule has 110 valence electrons. The normalized spacial score (nSPS) is 12.0. The Morgan fingerprint density at radius 3 is 2.52 bits per heavy atom. The number of hydrogen-bond acceptors (Lipinski definition) is 3. The molecule has 0 spiro atoms. The molecule has 1 N–H and O–H groups in total. The summed E-state index contributed by atoms with van der Waals surface area (Å²) in [5, 5.41) is 13.7. The standard InChI is InChI=1S/C15H14F2N2O2/c1-9-6-7-11(8-13(9)17)10(2)18-15-12(16)4-3-5-14(15)19(20)21/h3-8,10,18H,1-2H3. The van der Waals surface area contributed by atoms with Crippen LogP contribution >= 0.6 is 0 Å². The molecule has 2 rings (SSSR count). The van der Waals surface area contributed by atoms with Crippen molar-refractivity contribution >= 4 is 11.4 Å². The Kier molecular flexibility index (Phi) is 4.16. The molecule has 1 atom stereocenters. The lowest BCUT2D eigenvalue weighted by Crippen LogP contribution is -2.10. The lowest BCUT2D eigenvalue weighted by atomic mass is 10.1. The third-order valence-electron chi connectivity index (χ3n) is 3.25. The first-order valence-electron chi connectivity index (χ1n) is 6.35. The molecule has 0 aliphatic rings. The van der Waals surface area contributed by atoms with Gasteiger partial charge in [-0.25, -0.2) is 8.78 Å². The van der Waals surface area contributed by atoms with E-state index in [4.69, 9.17) is 0 Å². The van der Waals surface area contributed by atoms with E-state index >= 15 is 0 Å². The number of benzene rings is 2. The van der Waals surface area contributed by atoms with Crippen LogP contribution in [0, 0.1) is 28.7 Å². The van der Waals surface area contributed by atoms with Crippen LogP contribution < -0.4 is 5.32 Å². The van der Waals surface area contributed by atoms with Gasteiger partial charge in [-0.2, -0.15) is 0 Å². The molecular formula is C15H14F2N2O2. The number of nitro benzene ring substituents is 1. The summed E-state index contributed by atoms with van der Waals surface area (Å²) >= 11 is 0. The zero-order chi connectivity index (χ0) is 15.6. The summed E-state index contributed by atoms with van der Waals surface area (Å²) in [4.78, 5) is 10.3. The summed E-state index contributed by atoms with van der Waals surface area (Å²) in [6.45, 7) is 3.32. The minimum Gasteiger partial charge on any atom is -0.371 e. The van der Waals surface area contributed by atoms with Crippen LogP contribution in [0.25, 0.3) is 0 Å². The zero-order valence-corrected chi connectivity index (χ0v) is 11.6. The van der Waals surface area contributed by atoms with E-state index in [1.165, 1.54) is 18.2 Å². The van der Waals surface area contributed by atoms with Crippen molar-refractivity contribution in [2.75, 3.05) is 5.32 Å². The van der Waals surface area contributed by atoms with Gasteiger partial charge in [-0.1, -0.05) is 18.2 Å². The van der Waals surface area contributed by atoms with Gasteiger partial charge in [-0.05, 0) is 37.1 Å². The number of aryl methyl sites for hydroxylation is 1. The maximum atomic E-state index is 13.8. The molecule has 0 saturated carbocycles. The van der Waals surface area contributed by atoms with E-state index in [1.54, 1.807) is 26.0 Å². The first kappa shape index (κ1) is 14.9. The molecule has 2 aromatic carbocycles. The number of nitrogens with one attached hydrogen (secondary N) is 1. The Morgan fingerprint density at radius 1 is 1.19 bits per heavy atom. The lowest BCUT2D eigenvalue weighted by Gasteiger charge is -2.16. The highest BCUT2D eigenvalue weighted by atomic mass is 19.1. The molecule has 0 radical (unpaired) electrons. The minimum atomic E-state index is -0.719. The van der Waals surface area contributed by atoms with Crippen molar-refractivity contribution in [3.8, 4) is 0 Å². The second-order valence-corrected chi connectivity index (χ2v) is 4.77. The van der Waals surface area contributed by atoms with Gasteiger partial charge in [0.1, 0.15) is 11.5 Å². The number of halogens is 2. The average Bonchev–Trinajstić information content (AvgIpc) is 2.43. The summed E-state index contributed by atoms with van der Waals surface area (Å²) in [6.07, 6.45) is 0. The van der Waals surface area contributed by atoms with Gasteiger partial charge in [0.15, 0.2) is 5.82 Å². The van der Waals surface area contributed by atoms with Gasteiger partial charge in [0, 0.05) is 12.1 Å². The number of nitro groups is 1. The van der Waals surface area contributed by atoms with E-state index in [1.807, 2.05) is 0 Å². The Bertz CT molecular complexity index is 689. The van der Waals surface area contributed by atoms with Crippen molar-refractivity contribution in [3.63, 3.8) is 0 Å². The SMILES string of the molecule is Cc1ccc(C(C)Nc2c(F)cccc2[N+](=O)[O-])cc1F. The lowest BCUT2D eigenvalue weighted by molar-refractivity contribution is -0.384. The van der Waals surface area contributed by atoms with Gasteiger partial charge in [0.2, 0.25) is 0 Å². The molecule has 0 heterocycles. The zero-order valence-electron chi connectivity index (χ0n) is 11.6. The van der Waals surface area contributed by atoms with E-state index in [2.05, 4.69) is 5.32 Å². The molecular weight excluding hydrogens is 278 g/mol. The number of nitrogens with zero attached hydrogens (tertiary/aromatic N) is 1. The average molecular weight is 292 g/mol. The first-order valence-corrected chi connectivity index (χ1v) is 6.35. The van der Waals surface area contributed by atoms with Crippen molar-refractivity contribution in [1.82, 2.24) is 0 Å². The number of hydrogen-bond donors (Lipinski definition) is 1. The van der Waals surface area contributed by atoms with Gasteiger partial charge in [0.05, 0.1) is 4.92 Å². The first-order chi connectivity index (χ1) is 9.90. The van der Waals surface area contributed by atoms with E-state index in [0.29, 0.717) is 11.1 Å². The predicted molar refractivity (Wildman–Crippen MR) is 76.2 cm³/mol. The number of anilines is 1. The third kappa shape index (κ3) is 3.16. The topological polar surface area (TPSA) is 55.2 Å². The van der Waals surface area contributed by atoms with Crippen LogP contribution in [-0.2, 0) is 0 Å². The number of rotatable bonds is 4. The molecule has 0 aliphatic carbocycles. The largest absolute Gasteiger partial charge is 0.371 e. The Hall–Kier alpha value is -2.50. The van der Waals surface area contributed by atoms with Crippen molar-refractivity contribution in [1.29, 1.82) is 0 Å². The van der Waals surface area contributed by atoms with Gasteiger partial charge in [-0.15, -0.1) is 0 Å². The Morgan fingerprint density at radius 2 is 1.90 bits per heavy atom. The van der Waals surface area contributed by atoms with Gasteiger partial charge in [-0.3, -0.25) is 10.1 Å². The maximum Gasteiger partial charge on any atom is 0.295 e. The van der Waals surface area contributed by atoms with Crippen molar-refractivity contribution in [2.45, 2.75) is 19.9 Å². The molecule has 4 nitrogen and oxygen atoms in total. The molecule has 0 aliphatic heterocycles. The fourth-order valence-corrected chi connectivity index (χ4v) is 1.99. The molecule has 0 aromatic heterocycles. The quantitative estimate of drug-likeness (QED) is 0.673. The third-order valence-corrected chi connectivity index (χ3v) is 3.25. The predicted octanol–water partition coefficient (Wildman–Crippen LogP) is 4.35. The molecule has 21 heavy (non-hydrogen) atoms. The van der Waals surface area contributed by atoms with Crippen molar-refractivity contribution in [2.24, 2.45) is 0 Å². The van der Waals surface area contributed by atoms with E-state index in [9.17, 15) is 18.9 Å². The minimum absolute atomic E-state index is 0.198. The fourth-order valence-electron chi connectivity index (χ4n) is 1.99. The van der Waals surface area contributed by atoms with Crippen LogP contribution in [-0.4, -0.2) is 4.92 Å². The Balaban J connectivity index is 2.33. The van der Waals surface area contributed by atoms with E-state index in [0.717, 1.165) is 6.07 Å². The highest BCUT2D eigenvalue weighted by Gasteiger charge is 2.20. The molecule has 0 bridgehead atoms. The summed E-state index contributed by atoms with van der Waals surface area (Å²) < 4.78 is 27.3. The Labute approximate surface area is 120 Å². The van der Waals surface area contributed by atoms with Crippen molar-refractivity contribution < 1.29 is 13.7 Å². The second-order valence-electron chi connectivity index (χ2n) is 4.77. The highest BCUT2D eigenvalue weighted by Crippen LogP contribution is 2.30. The van der Waals surface area contributed by atoms with Crippen LogP contribution in [0.4, 0.5) is 20.2 Å². The van der Waals surface area contributed by atoms with Crippen LogP contribution in [0.2, 0.25) is 0 Å². The molecule has 0 amide bonds. The van der Waals surface area contributed by atoms with E-state index in [-0.39, 0.29) is 17.2 Å². The second kappa shape index (κ2) is 5.87. The summed E-state index contributed by atoms with van der Waals surface area (Å²) in [7, 11) is 0. The maximum absolute atomic E-state index is 13.8. The number of para-hydroxylation sites is 1.